The number of halogens is 2. The Balaban J connectivity index is 0.00000180. The molecule has 0 saturated heterocycles. The van der Waals surface area contributed by atoms with Crippen molar-refractivity contribution in [2.45, 2.75) is 11.0 Å². The van der Waals surface area contributed by atoms with Gasteiger partial charge < -0.3 is 0 Å². The zero-order chi connectivity index (χ0) is 12.6. The van der Waals surface area contributed by atoms with Crippen molar-refractivity contribution < 1.29 is 15.5 Å². The first kappa shape index (κ1) is 20.4. The molecular formula is C15H19Cl2NiP2. The third-order valence-corrected chi connectivity index (χ3v) is 5.81. The molecule has 113 valence electrons. The summed E-state index contributed by atoms with van der Waals surface area (Å²) >= 11 is 5.23. The Morgan fingerprint density at radius 3 is 1.85 bits per heavy atom. The molecule has 5 heteroatoms. The second-order valence-corrected chi connectivity index (χ2v) is 8.16. The molecule has 3 atom stereocenters. The van der Waals surface area contributed by atoms with E-state index in [2.05, 4.69) is 60.7 Å². The van der Waals surface area contributed by atoms with Crippen molar-refractivity contribution in [2.75, 3.05) is 6.16 Å². The topological polar surface area (TPSA) is 0 Å². The van der Waals surface area contributed by atoms with Gasteiger partial charge in [0.05, 0.1) is 0 Å². The summed E-state index contributed by atoms with van der Waals surface area (Å²) in [6, 6.07) is 21.3. The standard InChI is InChI=1S/C15H17P2.2ClH.Ni/c1-3-8-14(9-4-1)16-12-7-13-17-15-10-5-2-6-11-15;;;/h1-6,8-12,16-17H,7,13H2;2*1H;. The van der Waals surface area contributed by atoms with Crippen molar-refractivity contribution in [3.05, 3.63) is 60.7 Å². The average Bonchev–Trinajstić information content (AvgIpc) is 2.41. The molecular weight excluding hydrogens is 372 g/mol. The fourth-order valence-electron chi connectivity index (χ4n) is 1.67. The van der Waals surface area contributed by atoms with Gasteiger partial charge in [0.15, 0.2) is 0 Å². The minimum atomic E-state index is 0. The quantitative estimate of drug-likeness (QED) is 0.514. The Morgan fingerprint density at radius 2 is 1.30 bits per heavy atom. The van der Waals surface area contributed by atoms with Gasteiger partial charge in [0.2, 0.25) is 0 Å². The molecule has 3 unspecified atom stereocenters. The van der Waals surface area contributed by atoms with E-state index in [1.165, 1.54) is 23.2 Å². The Bertz CT molecular complexity index is 454. The average molecular weight is 391 g/mol. The van der Waals surface area contributed by atoms with Crippen LogP contribution in [0.2, 0.25) is 0 Å². The molecule has 0 radical (unpaired) electrons. The van der Waals surface area contributed by atoms with E-state index < -0.39 is 0 Å². The third kappa shape index (κ3) is 7.97. The van der Waals surface area contributed by atoms with Crippen LogP contribution >= 0.6 is 42.0 Å². The van der Waals surface area contributed by atoms with Crippen LogP contribution < -0.4 is 10.6 Å². The molecule has 0 amide bonds. The molecule has 0 aliphatic carbocycles. The number of benzene rings is 2. The molecule has 2 aromatic rings. The minimum absolute atomic E-state index is 0. The van der Waals surface area contributed by atoms with Crippen molar-refractivity contribution >= 4 is 52.6 Å². The summed E-state index contributed by atoms with van der Waals surface area (Å²) < 4.78 is 0.434. The fraction of sp³-hybridized carbons (Fsp3) is 0.200. The van der Waals surface area contributed by atoms with Crippen LogP contribution in [0.15, 0.2) is 60.7 Å². The van der Waals surface area contributed by atoms with Gasteiger partial charge in [-0.2, -0.15) is 0 Å². The van der Waals surface area contributed by atoms with Crippen LogP contribution in [0.25, 0.3) is 0 Å². The second kappa shape index (κ2) is 12.0. The van der Waals surface area contributed by atoms with Crippen molar-refractivity contribution in [2.24, 2.45) is 0 Å². The molecule has 20 heavy (non-hydrogen) atoms. The molecule has 0 aromatic heterocycles. The van der Waals surface area contributed by atoms with Gasteiger partial charge in [-0.05, 0) is 0 Å². The molecule has 0 N–H and O–H groups in total. The number of hydrogen-bond acceptors (Lipinski definition) is 0. The SMILES string of the molecule is Cl.Cl.[Ni][CH](CCPc1ccccc1)Pc1ccccc1. The maximum atomic E-state index is 5.23. The van der Waals surface area contributed by atoms with Gasteiger partial charge in [-0.15, -0.1) is 24.8 Å². The molecule has 2 aromatic carbocycles. The Labute approximate surface area is 145 Å². The van der Waals surface area contributed by atoms with E-state index in [0.717, 1.165) is 17.2 Å². The van der Waals surface area contributed by atoms with Crippen LogP contribution in [0, 0.1) is 0 Å². The fourth-order valence-corrected chi connectivity index (χ4v) is 4.99. The van der Waals surface area contributed by atoms with E-state index in [1.54, 1.807) is 0 Å². The molecule has 0 spiro atoms. The monoisotopic (exact) mass is 389 g/mol. The molecule has 2 rings (SSSR count). The van der Waals surface area contributed by atoms with Crippen LogP contribution in [0.3, 0.4) is 0 Å². The Hall–Kier alpha value is 0.374. The predicted molar refractivity (Wildman–Crippen MR) is 96.6 cm³/mol. The summed E-state index contributed by atoms with van der Waals surface area (Å²) in [7, 11) is 1.69. The second-order valence-electron chi connectivity index (χ2n) is 4.02. The molecule has 0 aliphatic heterocycles. The maximum absolute atomic E-state index is 5.23. The van der Waals surface area contributed by atoms with Gasteiger partial charge in [-0.3, -0.25) is 0 Å². The van der Waals surface area contributed by atoms with Crippen LogP contribution in [-0.2, 0) is 15.5 Å². The molecule has 0 saturated carbocycles. The van der Waals surface area contributed by atoms with Gasteiger partial charge in [0, 0.05) is 0 Å². The van der Waals surface area contributed by atoms with E-state index in [1.807, 2.05) is 0 Å². The van der Waals surface area contributed by atoms with Crippen LogP contribution in [0.4, 0.5) is 0 Å². The summed E-state index contributed by atoms with van der Waals surface area (Å²) in [5.41, 5.74) is 0. The molecule has 0 aliphatic rings. The van der Waals surface area contributed by atoms with Crippen molar-refractivity contribution in [3.8, 4) is 0 Å². The summed E-state index contributed by atoms with van der Waals surface area (Å²) in [5.74, 6) is 0. The Kier molecular flexibility index (Phi) is 12.2. The van der Waals surface area contributed by atoms with Gasteiger partial charge in [-0.1, -0.05) is 0 Å². The third-order valence-electron chi connectivity index (χ3n) is 2.57. The summed E-state index contributed by atoms with van der Waals surface area (Å²) in [6.45, 7) is 0. The van der Waals surface area contributed by atoms with Gasteiger partial charge in [0.1, 0.15) is 0 Å². The van der Waals surface area contributed by atoms with E-state index in [9.17, 15) is 0 Å². The molecule has 0 heterocycles. The normalized spacial score (nSPS) is 12.3. The van der Waals surface area contributed by atoms with Crippen molar-refractivity contribution in [1.29, 1.82) is 0 Å². The number of hydrogen-bond donors (Lipinski definition) is 0. The first-order valence-electron chi connectivity index (χ1n) is 6.05. The van der Waals surface area contributed by atoms with Crippen molar-refractivity contribution in [3.63, 3.8) is 0 Å². The van der Waals surface area contributed by atoms with Crippen LogP contribution in [-0.4, -0.2) is 10.8 Å². The van der Waals surface area contributed by atoms with Gasteiger partial charge in [-0.25, -0.2) is 0 Å². The van der Waals surface area contributed by atoms with E-state index >= 15 is 0 Å². The Morgan fingerprint density at radius 1 is 0.800 bits per heavy atom. The first-order valence-corrected chi connectivity index (χ1v) is 8.91. The van der Waals surface area contributed by atoms with Crippen LogP contribution in [0.1, 0.15) is 6.42 Å². The summed E-state index contributed by atoms with van der Waals surface area (Å²) in [4.78, 5) is 0. The predicted octanol–water partition coefficient (Wildman–Crippen LogP) is 4.10. The van der Waals surface area contributed by atoms with Crippen LogP contribution in [0.5, 0.6) is 0 Å². The zero-order valence-electron chi connectivity index (χ0n) is 10.9. The molecule has 0 nitrogen and oxygen atoms in total. The zero-order valence-corrected chi connectivity index (χ0v) is 15.5. The molecule has 0 fully saturated rings. The van der Waals surface area contributed by atoms with Crippen molar-refractivity contribution in [1.82, 2.24) is 0 Å². The summed E-state index contributed by atoms with van der Waals surface area (Å²) in [5, 5.41) is 2.85. The van der Waals surface area contributed by atoms with Gasteiger partial charge >= 0.3 is 121 Å². The number of rotatable bonds is 6. The van der Waals surface area contributed by atoms with Gasteiger partial charge in [0.25, 0.3) is 0 Å². The first-order chi connectivity index (χ1) is 8.84. The molecule has 0 bridgehead atoms. The van der Waals surface area contributed by atoms with E-state index in [0.29, 0.717) is 4.63 Å². The van der Waals surface area contributed by atoms with E-state index in [-0.39, 0.29) is 24.8 Å². The van der Waals surface area contributed by atoms with E-state index in [4.69, 9.17) is 15.5 Å². The summed E-state index contributed by atoms with van der Waals surface area (Å²) in [6.07, 6.45) is 2.40.